The van der Waals surface area contributed by atoms with Crippen LogP contribution in [0.5, 0.6) is 0 Å². The predicted octanol–water partition coefficient (Wildman–Crippen LogP) is 0.0210. The molecular formula is C8H10ClN5O. The summed E-state index contributed by atoms with van der Waals surface area (Å²) in [6, 6.07) is 4.54. The van der Waals surface area contributed by atoms with E-state index in [1.54, 1.807) is 12.1 Å². The quantitative estimate of drug-likeness (QED) is 0.293. The Balaban J connectivity index is 3.22. The first kappa shape index (κ1) is 11.3. The standard InChI is InChI=1S/C8H10ClN5O/c9-5-1-2-7(14(12)4-13-11)6(3-5)8(10)15/h1-4H,11-12H2,(H2,10,15)/b13-4-. The van der Waals surface area contributed by atoms with Gasteiger partial charge in [-0.05, 0) is 18.2 Å². The van der Waals surface area contributed by atoms with Crippen LogP contribution in [0, 0.1) is 0 Å². The van der Waals surface area contributed by atoms with Crippen molar-refractivity contribution >= 4 is 29.5 Å². The van der Waals surface area contributed by atoms with Crippen LogP contribution < -0.4 is 22.4 Å². The highest BCUT2D eigenvalue weighted by molar-refractivity contribution is 6.31. The zero-order chi connectivity index (χ0) is 11.4. The van der Waals surface area contributed by atoms with Crippen molar-refractivity contribution in [3.63, 3.8) is 0 Å². The van der Waals surface area contributed by atoms with Crippen molar-refractivity contribution in [2.75, 3.05) is 5.01 Å². The van der Waals surface area contributed by atoms with E-state index in [1.807, 2.05) is 0 Å². The number of primary amides is 1. The van der Waals surface area contributed by atoms with E-state index in [2.05, 4.69) is 5.10 Å². The number of hydrazine groups is 1. The molecule has 0 aromatic heterocycles. The number of benzene rings is 1. The average Bonchev–Trinajstić information content (AvgIpc) is 2.17. The molecule has 0 atom stereocenters. The van der Waals surface area contributed by atoms with Crippen molar-refractivity contribution in [3.05, 3.63) is 28.8 Å². The van der Waals surface area contributed by atoms with Crippen molar-refractivity contribution < 1.29 is 4.79 Å². The molecule has 1 aromatic rings. The molecule has 0 aliphatic carbocycles. The number of hydrogen-bond donors (Lipinski definition) is 3. The zero-order valence-corrected chi connectivity index (χ0v) is 8.48. The Labute approximate surface area is 91.2 Å². The summed E-state index contributed by atoms with van der Waals surface area (Å²) < 4.78 is 0. The lowest BCUT2D eigenvalue weighted by Crippen LogP contribution is -2.32. The molecule has 0 radical (unpaired) electrons. The minimum absolute atomic E-state index is 0.199. The summed E-state index contributed by atoms with van der Waals surface area (Å²) >= 11 is 5.72. The van der Waals surface area contributed by atoms with Crippen LogP contribution in [0.3, 0.4) is 0 Å². The summed E-state index contributed by atoms with van der Waals surface area (Å²) in [5, 5.41) is 4.70. The monoisotopic (exact) mass is 227 g/mol. The Morgan fingerprint density at radius 2 is 2.20 bits per heavy atom. The third-order valence-electron chi connectivity index (χ3n) is 1.69. The van der Waals surface area contributed by atoms with Gasteiger partial charge in [-0.15, -0.1) is 0 Å². The van der Waals surface area contributed by atoms with E-state index in [0.717, 1.165) is 11.3 Å². The second-order valence-corrected chi connectivity index (χ2v) is 3.13. The number of rotatable bonds is 3. The molecule has 15 heavy (non-hydrogen) atoms. The second kappa shape index (κ2) is 4.63. The normalized spacial score (nSPS) is 10.5. The Hall–Kier alpha value is -1.79. The Morgan fingerprint density at radius 3 is 2.73 bits per heavy atom. The molecule has 0 saturated heterocycles. The van der Waals surface area contributed by atoms with Crippen LogP contribution in [0.4, 0.5) is 5.69 Å². The van der Waals surface area contributed by atoms with Crippen molar-refractivity contribution in [1.82, 2.24) is 0 Å². The second-order valence-electron chi connectivity index (χ2n) is 2.70. The molecule has 80 valence electrons. The molecule has 0 aliphatic rings. The van der Waals surface area contributed by atoms with E-state index in [0.29, 0.717) is 10.7 Å². The minimum Gasteiger partial charge on any atom is -0.366 e. The summed E-state index contributed by atoms with van der Waals surface area (Å²) in [5.74, 6) is 9.84. The lowest BCUT2D eigenvalue weighted by atomic mass is 10.1. The molecule has 0 fully saturated rings. The smallest absolute Gasteiger partial charge is 0.250 e. The number of nitrogens with zero attached hydrogens (tertiary/aromatic N) is 2. The first-order valence-electron chi connectivity index (χ1n) is 3.93. The number of hydrazone groups is 1. The van der Waals surface area contributed by atoms with Crippen LogP contribution >= 0.6 is 11.6 Å². The number of halogens is 1. The van der Waals surface area contributed by atoms with Gasteiger partial charge in [0.25, 0.3) is 5.91 Å². The molecule has 7 heteroatoms. The van der Waals surface area contributed by atoms with Crippen LogP contribution in [-0.4, -0.2) is 12.2 Å². The molecule has 1 rings (SSSR count). The van der Waals surface area contributed by atoms with Gasteiger partial charge in [-0.1, -0.05) is 11.6 Å². The predicted molar refractivity (Wildman–Crippen MR) is 59.3 cm³/mol. The van der Waals surface area contributed by atoms with Crippen molar-refractivity contribution in [3.8, 4) is 0 Å². The van der Waals surface area contributed by atoms with Crippen LogP contribution in [0.25, 0.3) is 0 Å². The van der Waals surface area contributed by atoms with Crippen molar-refractivity contribution in [2.24, 2.45) is 22.5 Å². The van der Waals surface area contributed by atoms with Crippen LogP contribution in [0.15, 0.2) is 23.3 Å². The molecule has 0 unspecified atom stereocenters. The SMILES string of the molecule is N/N=C\N(N)c1ccc(Cl)cc1C(N)=O. The van der Waals surface area contributed by atoms with Gasteiger partial charge < -0.3 is 11.6 Å². The van der Waals surface area contributed by atoms with Gasteiger partial charge in [0.15, 0.2) is 0 Å². The molecular weight excluding hydrogens is 218 g/mol. The number of carbonyl (C=O) groups is 1. The third kappa shape index (κ3) is 2.58. The van der Waals surface area contributed by atoms with E-state index in [-0.39, 0.29) is 5.56 Å². The Bertz CT molecular complexity index is 406. The number of nitrogens with two attached hydrogens (primary N) is 3. The summed E-state index contributed by atoms with van der Waals surface area (Å²) in [7, 11) is 0. The molecule has 0 saturated carbocycles. The van der Waals surface area contributed by atoms with Crippen molar-refractivity contribution in [2.45, 2.75) is 0 Å². The fourth-order valence-electron chi connectivity index (χ4n) is 1.06. The number of carbonyl (C=O) groups excluding carboxylic acids is 1. The largest absolute Gasteiger partial charge is 0.366 e. The summed E-state index contributed by atoms with van der Waals surface area (Å²) in [6.07, 6.45) is 1.15. The molecule has 6 nitrogen and oxygen atoms in total. The Morgan fingerprint density at radius 1 is 1.53 bits per heavy atom. The van der Waals surface area contributed by atoms with E-state index in [4.69, 9.17) is 29.0 Å². The maximum atomic E-state index is 11.1. The highest BCUT2D eigenvalue weighted by atomic mass is 35.5. The Kier molecular flexibility index (Phi) is 3.48. The summed E-state index contributed by atoms with van der Waals surface area (Å²) in [5.41, 5.74) is 5.74. The van der Waals surface area contributed by atoms with Gasteiger partial charge in [-0.3, -0.25) is 9.80 Å². The first-order chi connectivity index (χ1) is 7.06. The molecule has 1 aromatic carbocycles. The fourth-order valence-corrected chi connectivity index (χ4v) is 1.24. The summed E-state index contributed by atoms with van der Waals surface area (Å²) in [6.45, 7) is 0. The van der Waals surface area contributed by atoms with Gasteiger partial charge in [0.05, 0.1) is 11.3 Å². The van der Waals surface area contributed by atoms with Gasteiger partial charge in [-0.25, -0.2) is 5.84 Å². The lowest BCUT2D eigenvalue weighted by Gasteiger charge is -2.15. The number of hydrogen-bond acceptors (Lipinski definition) is 4. The molecule has 0 spiro atoms. The van der Waals surface area contributed by atoms with Gasteiger partial charge in [0, 0.05) is 5.02 Å². The first-order valence-corrected chi connectivity index (χ1v) is 4.30. The van der Waals surface area contributed by atoms with E-state index in [1.165, 1.54) is 6.07 Å². The lowest BCUT2D eigenvalue weighted by molar-refractivity contribution is 0.100. The number of amides is 1. The van der Waals surface area contributed by atoms with Gasteiger partial charge in [0.2, 0.25) is 0 Å². The molecule has 1 amide bonds. The molecule has 0 heterocycles. The van der Waals surface area contributed by atoms with E-state index in [9.17, 15) is 4.79 Å². The van der Waals surface area contributed by atoms with E-state index < -0.39 is 5.91 Å². The molecule has 0 aliphatic heterocycles. The minimum atomic E-state index is -0.631. The third-order valence-corrected chi connectivity index (χ3v) is 1.93. The van der Waals surface area contributed by atoms with Crippen LogP contribution in [-0.2, 0) is 0 Å². The van der Waals surface area contributed by atoms with Crippen LogP contribution in [0.1, 0.15) is 10.4 Å². The van der Waals surface area contributed by atoms with E-state index >= 15 is 0 Å². The highest BCUT2D eigenvalue weighted by Crippen LogP contribution is 2.21. The van der Waals surface area contributed by atoms with Gasteiger partial charge in [0.1, 0.15) is 6.34 Å². The maximum Gasteiger partial charge on any atom is 0.250 e. The number of anilines is 1. The van der Waals surface area contributed by atoms with Gasteiger partial charge >= 0.3 is 0 Å². The highest BCUT2D eigenvalue weighted by Gasteiger charge is 2.11. The fraction of sp³-hybridized carbons (Fsp3) is 0. The van der Waals surface area contributed by atoms with Gasteiger partial charge in [-0.2, -0.15) is 5.10 Å². The van der Waals surface area contributed by atoms with Crippen LogP contribution in [0.2, 0.25) is 5.02 Å². The maximum absolute atomic E-state index is 11.1. The average molecular weight is 228 g/mol. The molecule has 0 bridgehead atoms. The van der Waals surface area contributed by atoms with Crippen molar-refractivity contribution in [1.29, 1.82) is 0 Å². The topological polar surface area (TPSA) is 111 Å². The summed E-state index contributed by atoms with van der Waals surface area (Å²) in [4.78, 5) is 11.1. The molecule has 6 N–H and O–H groups in total. The zero-order valence-electron chi connectivity index (χ0n) is 7.72.